The van der Waals surface area contributed by atoms with Gasteiger partial charge in [-0.3, -0.25) is 9.78 Å². The second-order valence-corrected chi connectivity index (χ2v) is 7.08. The maximum atomic E-state index is 12.3. The highest BCUT2D eigenvalue weighted by Crippen LogP contribution is 2.29. The largest absolute Gasteiger partial charge is 0.493 e. The molecule has 0 aliphatic heterocycles. The summed E-state index contributed by atoms with van der Waals surface area (Å²) >= 11 is 0. The first-order valence-corrected chi connectivity index (χ1v) is 9.99. The first kappa shape index (κ1) is 21.9. The number of aromatic nitrogens is 1. The van der Waals surface area contributed by atoms with E-state index in [1.54, 1.807) is 31.6 Å². The molecule has 0 fully saturated rings. The Balaban J connectivity index is 1.59. The van der Waals surface area contributed by atoms with Crippen molar-refractivity contribution in [3.63, 3.8) is 0 Å². The zero-order valence-electron chi connectivity index (χ0n) is 17.9. The number of benzene rings is 2. The lowest BCUT2D eigenvalue weighted by atomic mass is 10.2. The van der Waals surface area contributed by atoms with Crippen LogP contribution >= 0.6 is 0 Å². The van der Waals surface area contributed by atoms with Crippen molar-refractivity contribution >= 4 is 17.7 Å². The Morgan fingerprint density at radius 2 is 1.97 bits per heavy atom. The van der Waals surface area contributed by atoms with Gasteiger partial charge in [0, 0.05) is 35.8 Å². The molecule has 0 aliphatic rings. The first-order chi connectivity index (χ1) is 15.0. The van der Waals surface area contributed by atoms with Crippen LogP contribution in [0.4, 0.5) is 5.69 Å². The topological polar surface area (TPSA) is 69.7 Å². The highest BCUT2D eigenvalue weighted by molar-refractivity contribution is 6.02. The Kier molecular flexibility index (Phi) is 7.65. The Hall–Kier alpha value is -3.80. The quantitative estimate of drug-likeness (QED) is 0.489. The van der Waals surface area contributed by atoms with E-state index >= 15 is 0 Å². The van der Waals surface area contributed by atoms with Gasteiger partial charge < -0.3 is 19.5 Å². The van der Waals surface area contributed by atoms with E-state index in [0.717, 1.165) is 11.1 Å². The van der Waals surface area contributed by atoms with E-state index in [4.69, 9.17) is 14.2 Å². The molecule has 0 atom stereocenters. The lowest BCUT2D eigenvalue weighted by molar-refractivity contribution is -0.111. The monoisotopic (exact) mass is 418 g/mol. The number of carbonyl (C=O) groups excluding carboxylic acids is 1. The SMILES string of the molecule is COc1cc(C=CC(=O)Nc2cccc(OCc3cccnc3)c2)ccc1OC(C)C. The van der Waals surface area contributed by atoms with Gasteiger partial charge in [-0.2, -0.15) is 0 Å². The van der Waals surface area contributed by atoms with Crippen LogP contribution in [0.15, 0.2) is 73.1 Å². The molecule has 1 heterocycles. The van der Waals surface area contributed by atoms with E-state index in [2.05, 4.69) is 10.3 Å². The number of hydrogen-bond donors (Lipinski definition) is 1. The van der Waals surface area contributed by atoms with Crippen molar-refractivity contribution in [2.75, 3.05) is 12.4 Å². The molecule has 0 spiro atoms. The van der Waals surface area contributed by atoms with Gasteiger partial charge in [0.15, 0.2) is 11.5 Å². The van der Waals surface area contributed by atoms with Crippen molar-refractivity contribution < 1.29 is 19.0 Å². The normalized spacial score (nSPS) is 10.8. The van der Waals surface area contributed by atoms with Gasteiger partial charge in [-0.05, 0) is 55.8 Å². The maximum absolute atomic E-state index is 12.3. The number of carbonyl (C=O) groups is 1. The summed E-state index contributed by atoms with van der Waals surface area (Å²) in [5.41, 5.74) is 2.45. The molecule has 31 heavy (non-hydrogen) atoms. The van der Waals surface area contributed by atoms with Crippen LogP contribution in [0.2, 0.25) is 0 Å². The minimum atomic E-state index is -0.245. The number of ether oxygens (including phenoxy) is 3. The highest BCUT2D eigenvalue weighted by atomic mass is 16.5. The van der Waals surface area contributed by atoms with Crippen LogP contribution in [0.25, 0.3) is 6.08 Å². The molecule has 0 saturated heterocycles. The van der Waals surface area contributed by atoms with Gasteiger partial charge in [-0.1, -0.05) is 18.2 Å². The molecular weight excluding hydrogens is 392 g/mol. The summed E-state index contributed by atoms with van der Waals surface area (Å²) in [7, 11) is 1.59. The number of rotatable bonds is 9. The van der Waals surface area contributed by atoms with E-state index < -0.39 is 0 Å². The number of methoxy groups -OCH3 is 1. The van der Waals surface area contributed by atoms with Gasteiger partial charge in [0.2, 0.25) is 5.91 Å². The average Bonchev–Trinajstić information content (AvgIpc) is 2.77. The molecule has 3 aromatic rings. The van der Waals surface area contributed by atoms with Gasteiger partial charge >= 0.3 is 0 Å². The van der Waals surface area contributed by atoms with Crippen molar-refractivity contribution in [2.45, 2.75) is 26.6 Å². The predicted molar refractivity (Wildman–Crippen MR) is 121 cm³/mol. The minimum absolute atomic E-state index is 0.0465. The number of hydrogen-bond acceptors (Lipinski definition) is 5. The van der Waals surface area contributed by atoms with Crippen molar-refractivity contribution in [1.29, 1.82) is 0 Å². The zero-order chi connectivity index (χ0) is 22.1. The van der Waals surface area contributed by atoms with Crippen molar-refractivity contribution in [1.82, 2.24) is 4.98 Å². The summed E-state index contributed by atoms with van der Waals surface area (Å²) in [4.78, 5) is 16.4. The molecule has 1 amide bonds. The lowest BCUT2D eigenvalue weighted by Crippen LogP contribution is -2.08. The lowest BCUT2D eigenvalue weighted by Gasteiger charge is -2.13. The summed E-state index contributed by atoms with van der Waals surface area (Å²) in [6.07, 6.45) is 6.72. The van der Waals surface area contributed by atoms with Crippen LogP contribution < -0.4 is 19.5 Å². The third-order valence-corrected chi connectivity index (χ3v) is 4.21. The molecule has 6 heteroatoms. The Labute approximate surface area is 182 Å². The summed E-state index contributed by atoms with van der Waals surface area (Å²) in [5, 5.41) is 2.84. The van der Waals surface area contributed by atoms with Gasteiger partial charge in [0.05, 0.1) is 13.2 Å². The fourth-order valence-corrected chi connectivity index (χ4v) is 2.81. The molecule has 2 aromatic carbocycles. The molecule has 0 saturated carbocycles. The van der Waals surface area contributed by atoms with E-state index in [-0.39, 0.29) is 12.0 Å². The van der Waals surface area contributed by atoms with Crippen molar-refractivity contribution in [3.05, 3.63) is 84.2 Å². The molecule has 160 valence electrons. The van der Waals surface area contributed by atoms with Gasteiger partial charge in [0.1, 0.15) is 12.4 Å². The second-order valence-electron chi connectivity index (χ2n) is 7.08. The van der Waals surface area contributed by atoms with Gasteiger partial charge in [-0.25, -0.2) is 0 Å². The number of anilines is 1. The Morgan fingerprint density at radius 1 is 1.10 bits per heavy atom. The molecule has 3 rings (SSSR count). The average molecular weight is 418 g/mol. The highest BCUT2D eigenvalue weighted by Gasteiger charge is 2.07. The van der Waals surface area contributed by atoms with Crippen LogP contribution in [0.5, 0.6) is 17.2 Å². The molecule has 0 radical (unpaired) electrons. The smallest absolute Gasteiger partial charge is 0.248 e. The number of amides is 1. The van der Waals surface area contributed by atoms with E-state index in [0.29, 0.717) is 29.5 Å². The van der Waals surface area contributed by atoms with Gasteiger partial charge in [0.25, 0.3) is 0 Å². The minimum Gasteiger partial charge on any atom is -0.493 e. The molecule has 0 unspecified atom stereocenters. The third kappa shape index (κ3) is 6.89. The summed E-state index contributed by atoms with van der Waals surface area (Å²) in [6.45, 7) is 4.32. The zero-order valence-corrected chi connectivity index (χ0v) is 17.9. The molecule has 0 bridgehead atoms. The van der Waals surface area contributed by atoms with Crippen LogP contribution in [0, 0.1) is 0 Å². The summed E-state index contributed by atoms with van der Waals surface area (Å²) < 4.78 is 16.9. The fourth-order valence-electron chi connectivity index (χ4n) is 2.81. The van der Waals surface area contributed by atoms with Crippen LogP contribution in [0.3, 0.4) is 0 Å². The number of pyridine rings is 1. The van der Waals surface area contributed by atoms with Crippen molar-refractivity contribution in [2.24, 2.45) is 0 Å². The Morgan fingerprint density at radius 3 is 2.71 bits per heavy atom. The molecular formula is C25H26N2O4. The molecule has 1 aromatic heterocycles. The molecule has 1 N–H and O–H groups in total. The maximum Gasteiger partial charge on any atom is 0.248 e. The van der Waals surface area contributed by atoms with Crippen LogP contribution in [-0.4, -0.2) is 24.1 Å². The Bertz CT molecular complexity index is 1030. The number of nitrogens with one attached hydrogen (secondary N) is 1. The summed E-state index contributed by atoms with van der Waals surface area (Å²) in [5.74, 6) is 1.71. The van der Waals surface area contributed by atoms with E-state index in [1.165, 1.54) is 6.08 Å². The number of nitrogens with zero attached hydrogens (tertiary/aromatic N) is 1. The second kappa shape index (κ2) is 10.8. The summed E-state index contributed by atoms with van der Waals surface area (Å²) in [6, 6.07) is 16.6. The standard InChI is InChI=1S/C25H26N2O4/c1-18(2)31-23-11-9-19(14-24(23)29-3)10-12-25(28)27-21-7-4-8-22(15-21)30-17-20-6-5-13-26-16-20/h4-16,18H,17H2,1-3H3,(H,27,28). The van der Waals surface area contributed by atoms with Crippen LogP contribution in [-0.2, 0) is 11.4 Å². The third-order valence-electron chi connectivity index (χ3n) is 4.21. The predicted octanol–water partition coefficient (Wildman–Crippen LogP) is 5.11. The first-order valence-electron chi connectivity index (χ1n) is 9.99. The van der Waals surface area contributed by atoms with Crippen molar-refractivity contribution in [3.8, 4) is 17.2 Å². The van der Waals surface area contributed by atoms with Crippen LogP contribution in [0.1, 0.15) is 25.0 Å². The molecule has 0 aliphatic carbocycles. The molecule has 6 nitrogen and oxygen atoms in total. The van der Waals surface area contributed by atoms with Gasteiger partial charge in [-0.15, -0.1) is 0 Å². The van der Waals surface area contributed by atoms with E-state index in [1.807, 2.05) is 62.4 Å². The fraction of sp³-hybridized carbons (Fsp3) is 0.200. The van der Waals surface area contributed by atoms with E-state index in [9.17, 15) is 4.79 Å².